The van der Waals surface area contributed by atoms with Gasteiger partial charge >= 0.3 is 5.97 Å². The standard InChI is InChI=1S/C22H42O2/c1-4-6-8-10-12-14-16-18-20-22(24-21(3)23)19-17-15-13-11-9-7-5-2/h14,16,22H,4-13,15,17-20H2,1-3H3. The van der Waals surface area contributed by atoms with Crippen molar-refractivity contribution in [2.24, 2.45) is 0 Å². The van der Waals surface area contributed by atoms with Gasteiger partial charge in [0.15, 0.2) is 0 Å². The molecule has 0 aromatic carbocycles. The van der Waals surface area contributed by atoms with Gasteiger partial charge in [-0.1, -0.05) is 83.8 Å². The van der Waals surface area contributed by atoms with Crippen molar-refractivity contribution in [2.75, 3.05) is 0 Å². The van der Waals surface area contributed by atoms with Crippen LogP contribution in [-0.4, -0.2) is 12.1 Å². The predicted molar refractivity (Wildman–Crippen MR) is 105 cm³/mol. The minimum Gasteiger partial charge on any atom is -0.463 e. The first-order valence-corrected chi connectivity index (χ1v) is 10.5. The maximum absolute atomic E-state index is 11.3. The quantitative estimate of drug-likeness (QED) is 0.157. The molecule has 0 radical (unpaired) electrons. The topological polar surface area (TPSA) is 26.3 Å². The van der Waals surface area contributed by atoms with Crippen LogP contribution in [0.15, 0.2) is 12.2 Å². The Hall–Kier alpha value is -0.790. The lowest BCUT2D eigenvalue weighted by Gasteiger charge is -2.16. The minimum absolute atomic E-state index is 0.114. The highest BCUT2D eigenvalue weighted by Gasteiger charge is 2.10. The summed E-state index contributed by atoms with van der Waals surface area (Å²) in [5.74, 6) is -0.133. The van der Waals surface area contributed by atoms with E-state index in [1.807, 2.05) is 0 Å². The van der Waals surface area contributed by atoms with Crippen LogP contribution in [0.1, 0.15) is 117 Å². The van der Waals surface area contributed by atoms with Gasteiger partial charge in [-0.3, -0.25) is 4.79 Å². The Balaban J connectivity index is 3.73. The molecule has 0 rings (SSSR count). The first kappa shape index (κ1) is 23.2. The predicted octanol–water partition coefficient (Wildman–Crippen LogP) is 7.37. The molecule has 2 heteroatoms. The summed E-state index contributed by atoms with van der Waals surface area (Å²) in [5, 5.41) is 0. The van der Waals surface area contributed by atoms with Crippen molar-refractivity contribution in [3.8, 4) is 0 Å². The average Bonchev–Trinajstić information content (AvgIpc) is 2.55. The Morgan fingerprint density at radius 1 is 0.750 bits per heavy atom. The summed E-state index contributed by atoms with van der Waals surface area (Å²) in [6.07, 6.45) is 23.4. The number of unbranched alkanes of at least 4 members (excludes halogenated alkanes) is 10. The van der Waals surface area contributed by atoms with Gasteiger partial charge in [-0.2, -0.15) is 0 Å². The third-order valence-electron chi connectivity index (χ3n) is 4.51. The first-order chi connectivity index (χ1) is 11.7. The van der Waals surface area contributed by atoms with Crippen LogP contribution in [0, 0.1) is 0 Å². The normalized spacial score (nSPS) is 12.6. The number of esters is 1. The lowest BCUT2D eigenvalue weighted by molar-refractivity contribution is -0.146. The Kier molecular flexibility index (Phi) is 17.9. The highest BCUT2D eigenvalue weighted by atomic mass is 16.5. The van der Waals surface area contributed by atoms with E-state index in [1.165, 1.54) is 84.0 Å². The summed E-state index contributed by atoms with van der Waals surface area (Å²) < 4.78 is 5.48. The van der Waals surface area contributed by atoms with Gasteiger partial charge in [-0.15, -0.1) is 0 Å². The number of ether oxygens (including phenoxy) is 1. The molecule has 0 N–H and O–H groups in total. The second-order valence-electron chi connectivity index (χ2n) is 7.04. The molecular formula is C22H42O2. The Morgan fingerprint density at radius 2 is 1.29 bits per heavy atom. The van der Waals surface area contributed by atoms with E-state index in [-0.39, 0.29) is 12.1 Å². The third-order valence-corrected chi connectivity index (χ3v) is 4.51. The van der Waals surface area contributed by atoms with E-state index in [4.69, 9.17) is 4.74 Å². The second kappa shape index (κ2) is 18.5. The molecule has 0 spiro atoms. The molecule has 1 unspecified atom stereocenters. The molecule has 0 saturated heterocycles. The monoisotopic (exact) mass is 338 g/mol. The molecular weight excluding hydrogens is 296 g/mol. The molecule has 2 nitrogen and oxygen atoms in total. The maximum atomic E-state index is 11.3. The van der Waals surface area contributed by atoms with Gasteiger partial charge in [0.25, 0.3) is 0 Å². The first-order valence-electron chi connectivity index (χ1n) is 10.5. The summed E-state index contributed by atoms with van der Waals surface area (Å²) in [5.41, 5.74) is 0. The van der Waals surface area contributed by atoms with Crippen molar-refractivity contribution in [3.05, 3.63) is 12.2 Å². The van der Waals surface area contributed by atoms with Crippen LogP contribution in [0.5, 0.6) is 0 Å². The van der Waals surface area contributed by atoms with Crippen molar-refractivity contribution < 1.29 is 9.53 Å². The summed E-state index contributed by atoms with van der Waals surface area (Å²) in [4.78, 5) is 11.3. The fourth-order valence-electron chi connectivity index (χ4n) is 3.03. The van der Waals surface area contributed by atoms with E-state index < -0.39 is 0 Å². The van der Waals surface area contributed by atoms with E-state index in [0.29, 0.717) is 0 Å². The Labute approximate surface area is 151 Å². The zero-order valence-electron chi connectivity index (χ0n) is 16.7. The largest absolute Gasteiger partial charge is 0.463 e. The maximum Gasteiger partial charge on any atom is 0.302 e. The van der Waals surface area contributed by atoms with Gasteiger partial charge < -0.3 is 4.74 Å². The SMILES string of the molecule is CCCCCCC=CCCC(CCCCCCCCC)OC(C)=O. The number of carbonyl (C=O) groups excluding carboxylic acids is 1. The van der Waals surface area contributed by atoms with Gasteiger partial charge in [-0.25, -0.2) is 0 Å². The molecule has 0 aliphatic carbocycles. The van der Waals surface area contributed by atoms with Gasteiger partial charge in [0, 0.05) is 6.92 Å². The lowest BCUT2D eigenvalue weighted by atomic mass is 10.0. The van der Waals surface area contributed by atoms with E-state index in [2.05, 4.69) is 26.0 Å². The zero-order chi connectivity index (χ0) is 17.9. The van der Waals surface area contributed by atoms with E-state index in [9.17, 15) is 4.79 Å². The molecule has 0 fully saturated rings. The summed E-state index contributed by atoms with van der Waals surface area (Å²) >= 11 is 0. The Bertz CT molecular complexity index is 296. The van der Waals surface area contributed by atoms with Crippen molar-refractivity contribution in [1.82, 2.24) is 0 Å². The van der Waals surface area contributed by atoms with Gasteiger partial charge in [0.2, 0.25) is 0 Å². The number of rotatable bonds is 17. The fraction of sp³-hybridized carbons (Fsp3) is 0.864. The van der Waals surface area contributed by atoms with Crippen molar-refractivity contribution >= 4 is 5.97 Å². The molecule has 0 bridgehead atoms. The van der Waals surface area contributed by atoms with Crippen molar-refractivity contribution in [1.29, 1.82) is 0 Å². The van der Waals surface area contributed by atoms with Gasteiger partial charge in [-0.05, 0) is 38.5 Å². The van der Waals surface area contributed by atoms with E-state index in [0.717, 1.165) is 19.3 Å². The van der Waals surface area contributed by atoms with Gasteiger partial charge in [0.05, 0.1) is 0 Å². The molecule has 0 aliphatic heterocycles. The summed E-state index contributed by atoms with van der Waals surface area (Å²) in [6.45, 7) is 6.03. The fourth-order valence-corrected chi connectivity index (χ4v) is 3.03. The average molecular weight is 339 g/mol. The number of hydrogen-bond donors (Lipinski definition) is 0. The number of carbonyl (C=O) groups is 1. The highest BCUT2D eigenvalue weighted by molar-refractivity contribution is 5.66. The molecule has 0 aliphatic rings. The van der Waals surface area contributed by atoms with Crippen LogP contribution in [0.3, 0.4) is 0 Å². The summed E-state index contributed by atoms with van der Waals surface area (Å²) in [7, 11) is 0. The van der Waals surface area contributed by atoms with Crippen LogP contribution in [-0.2, 0) is 9.53 Å². The molecule has 0 aromatic heterocycles. The molecule has 24 heavy (non-hydrogen) atoms. The number of allylic oxidation sites excluding steroid dienone is 2. The molecule has 0 amide bonds. The molecule has 0 heterocycles. The van der Waals surface area contributed by atoms with E-state index in [1.54, 1.807) is 0 Å². The molecule has 0 aromatic rings. The highest BCUT2D eigenvalue weighted by Crippen LogP contribution is 2.15. The lowest BCUT2D eigenvalue weighted by Crippen LogP contribution is -2.16. The van der Waals surface area contributed by atoms with E-state index >= 15 is 0 Å². The molecule has 142 valence electrons. The minimum atomic E-state index is -0.133. The second-order valence-corrected chi connectivity index (χ2v) is 7.04. The van der Waals surface area contributed by atoms with Gasteiger partial charge in [0.1, 0.15) is 6.10 Å². The third kappa shape index (κ3) is 17.6. The summed E-state index contributed by atoms with van der Waals surface area (Å²) in [6, 6.07) is 0. The molecule has 0 saturated carbocycles. The van der Waals surface area contributed by atoms with Crippen LogP contribution in [0.2, 0.25) is 0 Å². The smallest absolute Gasteiger partial charge is 0.302 e. The van der Waals surface area contributed by atoms with Crippen LogP contribution in [0.25, 0.3) is 0 Å². The Morgan fingerprint density at radius 3 is 1.92 bits per heavy atom. The van der Waals surface area contributed by atoms with Crippen LogP contribution >= 0.6 is 0 Å². The van der Waals surface area contributed by atoms with Crippen LogP contribution in [0.4, 0.5) is 0 Å². The van der Waals surface area contributed by atoms with Crippen molar-refractivity contribution in [3.63, 3.8) is 0 Å². The van der Waals surface area contributed by atoms with Crippen molar-refractivity contribution in [2.45, 2.75) is 123 Å². The zero-order valence-corrected chi connectivity index (χ0v) is 16.7. The molecule has 1 atom stereocenters. The van der Waals surface area contributed by atoms with Crippen LogP contribution < -0.4 is 0 Å². The number of hydrogen-bond acceptors (Lipinski definition) is 2.